The van der Waals surface area contributed by atoms with Crippen LogP contribution < -0.4 is 10.1 Å². The van der Waals surface area contributed by atoms with Gasteiger partial charge < -0.3 is 20.1 Å². The van der Waals surface area contributed by atoms with Crippen molar-refractivity contribution < 1.29 is 14.6 Å². The largest absolute Gasteiger partial charge is 0.496 e. The fraction of sp³-hybridized carbons (Fsp3) is 0.562. The van der Waals surface area contributed by atoms with Crippen LogP contribution in [-0.4, -0.2) is 47.8 Å². The molecule has 1 saturated carbocycles. The number of ether oxygens (including phenoxy) is 1. The quantitative estimate of drug-likeness (QED) is 0.846. The van der Waals surface area contributed by atoms with Crippen molar-refractivity contribution in [3.05, 3.63) is 29.8 Å². The SMILES string of the molecule is COc1ccccc1CN(C(=O)C1CC(O)CN1)C1CC1. The Bertz CT molecular complexity index is 516. The first-order chi connectivity index (χ1) is 10.2. The fourth-order valence-electron chi connectivity index (χ4n) is 2.90. The van der Waals surface area contributed by atoms with Crippen molar-refractivity contribution >= 4 is 5.91 Å². The molecule has 1 saturated heterocycles. The molecule has 5 heteroatoms. The summed E-state index contributed by atoms with van der Waals surface area (Å²) in [6.45, 7) is 1.07. The third kappa shape index (κ3) is 3.19. The minimum Gasteiger partial charge on any atom is -0.496 e. The van der Waals surface area contributed by atoms with Crippen molar-refractivity contribution in [2.75, 3.05) is 13.7 Å². The molecule has 2 N–H and O–H groups in total. The van der Waals surface area contributed by atoms with Gasteiger partial charge in [0.05, 0.1) is 19.3 Å². The highest BCUT2D eigenvalue weighted by atomic mass is 16.5. The molecule has 2 fully saturated rings. The number of nitrogens with one attached hydrogen (secondary N) is 1. The van der Waals surface area contributed by atoms with Gasteiger partial charge in [-0.2, -0.15) is 0 Å². The maximum Gasteiger partial charge on any atom is 0.240 e. The lowest BCUT2D eigenvalue weighted by Crippen LogP contribution is -2.44. The van der Waals surface area contributed by atoms with Crippen LogP contribution in [0.2, 0.25) is 0 Å². The number of para-hydroxylation sites is 1. The number of rotatable bonds is 5. The van der Waals surface area contributed by atoms with E-state index < -0.39 is 6.10 Å². The van der Waals surface area contributed by atoms with Crippen molar-refractivity contribution in [1.82, 2.24) is 10.2 Å². The average Bonchev–Trinajstić information content (AvgIpc) is 3.25. The Hall–Kier alpha value is -1.59. The number of methoxy groups -OCH3 is 1. The summed E-state index contributed by atoms with van der Waals surface area (Å²) in [6.07, 6.45) is 2.23. The molecule has 2 unspecified atom stereocenters. The van der Waals surface area contributed by atoms with E-state index in [0.29, 0.717) is 25.6 Å². The molecule has 114 valence electrons. The van der Waals surface area contributed by atoms with Gasteiger partial charge in [-0.3, -0.25) is 4.79 Å². The lowest BCUT2D eigenvalue weighted by molar-refractivity contribution is -0.134. The van der Waals surface area contributed by atoms with Crippen molar-refractivity contribution in [3.63, 3.8) is 0 Å². The van der Waals surface area contributed by atoms with Gasteiger partial charge in [0.2, 0.25) is 5.91 Å². The van der Waals surface area contributed by atoms with Gasteiger partial charge in [-0.15, -0.1) is 0 Å². The molecular weight excluding hydrogens is 268 g/mol. The van der Waals surface area contributed by atoms with Gasteiger partial charge in [0, 0.05) is 24.7 Å². The fourth-order valence-corrected chi connectivity index (χ4v) is 2.90. The van der Waals surface area contributed by atoms with Crippen LogP contribution in [0.3, 0.4) is 0 Å². The van der Waals surface area contributed by atoms with E-state index in [1.807, 2.05) is 29.2 Å². The summed E-state index contributed by atoms with van der Waals surface area (Å²) in [4.78, 5) is 14.6. The molecule has 0 radical (unpaired) electrons. The van der Waals surface area contributed by atoms with Gasteiger partial charge >= 0.3 is 0 Å². The van der Waals surface area contributed by atoms with E-state index in [0.717, 1.165) is 24.2 Å². The minimum atomic E-state index is -0.411. The van der Waals surface area contributed by atoms with E-state index in [1.165, 1.54) is 0 Å². The summed E-state index contributed by atoms with van der Waals surface area (Å²) in [5, 5.41) is 12.7. The number of nitrogens with zero attached hydrogens (tertiary/aromatic N) is 1. The first-order valence-corrected chi connectivity index (χ1v) is 7.53. The van der Waals surface area contributed by atoms with Gasteiger partial charge in [0.25, 0.3) is 0 Å². The van der Waals surface area contributed by atoms with Crippen LogP contribution in [-0.2, 0) is 11.3 Å². The van der Waals surface area contributed by atoms with Crippen LogP contribution in [0.4, 0.5) is 0 Å². The lowest BCUT2D eigenvalue weighted by atomic mass is 10.1. The highest BCUT2D eigenvalue weighted by molar-refractivity contribution is 5.83. The molecule has 1 aliphatic carbocycles. The third-order valence-electron chi connectivity index (χ3n) is 4.21. The number of aliphatic hydroxyl groups is 1. The van der Waals surface area contributed by atoms with E-state index in [4.69, 9.17) is 4.74 Å². The molecule has 1 aromatic carbocycles. The van der Waals surface area contributed by atoms with Crippen molar-refractivity contribution in [1.29, 1.82) is 0 Å². The van der Waals surface area contributed by atoms with E-state index in [9.17, 15) is 9.90 Å². The second-order valence-corrected chi connectivity index (χ2v) is 5.86. The van der Waals surface area contributed by atoms with Crippen LogP contribution in [0.25, 0.3) is 0 Å². The zero-order valence-electron chi connectivity index (χ0n) is 12.3. The monoisotopic (exact) mass is 290 g/mol. The number of carbonyl (C=O) groups excluding carboxylic acids is 1. The number of hydrogen-bond acceptors (Lipinski definition) is 4. The number of carbonyl (C=O) groups is 1. The van der Waals surface area contributed by atoms with Crippen LogP contribution >= 0.6 is 0 Å². The molecule has 5 nitrogen and oxygen atoms in total. The number of aliphatic hydroxyl groups excluding tert-OH is 1. The zero-order chi connectivity index (χ0) is 14.8. The van der Waals surface area contributed by atoms with Crippen molar-refractivity contribution in [3.8, 4) is 5.75 Å². The maximum atomic E-state index is 12.7. The molecule has 1 aromatic rings. The van der Waals surface area contributed by atoms with Crippen LogP contribution in [0.5, 0.6) is 5.75 Å². The number of benzene rings is 1. The minimum absolute atomic E-state index is 0.0972. The van der Waals surface area contributed by atoms with Gasteiger partial charge in [-0.1, -0.05) is 18.2 Å². The smallest absolute Gasteiger partial charge is 0.240 e. The highest BCUT2D eigenvalue weighted by Crippen LogP contribution is 2.31. The molecule has 0 bridgehead atoms. The van der Waals surface area contributed by atoms with Gasteiger partial charge in [-0.05, 0) is 25.3 Å². The van der Waals surface area contributed by atoms with Crippen molar-refractivity contribution in [2.45, 2.75) is 44.0 Å². The Balaban J connectivity index is 1.74. The Morgan fingerprint density at radius 2 is 2.19 bits per heavy atom. The predicted octanol–water partition coefficient (Wildman–Crippen LogP) is 0.909. The normalized spacial score (nSPS) is 24.9. The molecule has 0 spiro atoms. The Morgan fingerprint density at radius 3 is 2.81 bits per heavy atom. The molecule has 2 atom stereocenters. The van der Waals surface area contributed by atoms with E-state index in [1.54, 1.807) is 7.11 Å². The number of amides is 1. The number of hydrogen-bond donors (Lipinski definition) is 2. The Morgan fingerprint density at radius 1 is 1.43 bits per heavy atom. The third-order valence-corrected chi connectivity index (χ3v) is 4.21. The zero-order valence-corrected chi connectivity index (χ0v) is 12.3. The molecule has 1 heterocycles. The average molecular weight is 290 g/mol. The summed E-state index contributed by atoms with van der Waals surface area (Å²) >= 11 is 0. The van der Waals surface area contributed by atoms with Crippen LogP contribution in [0.1, 0.15) is 24.8 Å². The summed E-state index contributed by atoms with van der Waals surface area (Å²) in [7, 11) is 1.65. The number of β-amino-alcohol motifs (C(OH)–C–C–N with tert-alkyl or cyclic N) is 1. The van der Waals surface area contributed by atoms with E-state index in [2.05, 4.69) is 5.32 Å². The molecule has 1 aliphatic heterocycles. The summed E-state index contributed by atoms with van der Waals surface area (Å²) in [6, 6.07) is 7.89. The van der Waals surface area contributed by atoms with E-state index >= 15 is 0 Å². The second kappa shape index (κ2) is 6.03. The Labute approximate surface area is 124 Å². The topological polar surface area (TPSA) is 61.8 Å². The molecule has 2 aliphatic rings. The molecule has 0 aromatic heterocycles. The summed E-state index contributed by atoms with van der Waals surface area (Å²) < 4.78 is 5.38. The van der Waals surface area contributed by atoms with Gasteiger partial charge in [0.1, 0.15) is 5.75 Å². The Kier molecular flexibility index (Phi) is 4.12. The van der Waals surface area contributed by atoms with Gasteiger partial charge in [-0.25, -0.2) is 0 Å². The molecule has 1 amide bonds. The van der Waals surface area contributed by atoms with Crippen molar-refractivity contribution in [2.24, 2.45) is 0 Å². The highest BCUT2D eigenvalue weighted by Gasteiger charge is 2.38. The first-order valence-electron chi connectivity index (χ1n) is 7.53. The summed E-state index contributed by atoms with van der Waals surface area (Å²) in [5.41, 5.74) is 1.03. The predicted molar refractivity (Wildman–Crippen MR) is 79.0 cm³/mol. The second-order valence-electron chi connectivity index (χ2n) is 5.86. The molecular formula is C16H22N2O3. The van der Waals surface area contributed by atoms with Gasteiger partial charge in [0.15, 0.2) is 0 Å². The van der Waals surface area contributed by atoms with E-state index in [-0.39, 0.29) is 11.9 Å². The molecule has 3 rings (SSSR count). The summed E-state index contributed by atoms with van der Waals surface area (Å²) in [5.74, 6) is 0.912. The molecule has 21 heavy (non-hydrogen) atoms. The standard InChI is InChI=1S/C16H22N2O3/c1-21-15-5-3-2-4-11(15)10-18(12-6-7-12)16(20)14-8-13(19)9-17-14/h2-5,12-14,17,19H,6-10H2,1H3. The maximum absolute atomic E-state index is 12.7. The van der Waals surface area contributed by atoms with Crippen LogP contribution in [0, 0.1) is 0 Å². The first kappa shape index (κ1) is 14.4. The lowest BCUT2D eigenvalue weighted by Gasteiger charge is -2.26. The van der Waals surface area contributed by atoms with Crippen LogP contribution in [0.15, 0.2) is 24.3 Å².